The van der Waals surface area contributed by atoms with E-state index >= 15 is 0 Å². The summed E-state index contributed by atoms with van der Waals surface area (Å²) in [7, 11) is 1.30. The number of ether oxygens (including phenoxy) is 1. The summed E-state index contributed by atoms with van der Waals surface area (Å²) in [6.45, 7) is 1.81. The predicted octanol–water partition coefficient (Wildman–Crippen LogP) is 3.34. The van der Waals surface area contributed by atoms with Crippen molar-refractivity contribution in [3.05, 3.63) is 66.6 Å². The van der Waals surface area contributed by atoms with Crippen LogP contribution >= 0.6 is 0 Å². The predicted molar refractivity (Wildman–Crippen MR) is 99.1 cm³/mol. The Morgan fingerprint density at radius 2 is 1.96 bits per heavy atom. The molecule has 2 aromatic heterocycles. The smallest absolute Gasteiger partial charge is 0.328 e. The number of esters is 1. The summed E-state index contributed by atoms with van der Waals surface area (Å²) in [5.74, 6) is -0.520. The van der Waals surface area contributed by atoms with Crippen LogP contribution in [0.15, 0.2) is 65.4 Å². The molecule has 0 aliphatic heterocycles. The average molecular weight is 365 g/mol. The first kappa shape index (κ1) is 18.3. The molecule has 27 heavy (non-hydrogen) atoms. The van der Waals surface area contributed by atoms with E-state index in [2.05, 4.69) is 10.1 Å². The number of carbonyl (C=O) groups excluding carboxylic acids is 2. The molecule has 0 saturated carbocycles. The first-order chi connectivity index (χ1) is 13.2. The lowest BCUT2D eigenvalue weighted by Crippen LogP contribution is -2.45. The number of anilines is 1. The minimum atomic E-state index is -0.775. The highest BCUT2D eigenvalue weighted by Gasteiger charge is 2.33. The van der Waals surface area contributed by atoms with Crippen molar-refractivity contribution in [3.8, 4) is 11.3 Å². The number of rotatable bonds is 6. The van der Waals surface area contributed by atoms with Crippen LogP contribution in [0.1, 0.15) is 23.8 Å². The van der Waals surface area contributed by atoms with Gasteiger partial charge in [0.25, 0.3) is 5.91 Å². The Kier molecular flexibility index (Phi) is 5.61. The quantitative estimate of drug-likeness (QED) is 0.623. The summed E-state index contributed by atoms with van der Waals surface area (Å²) in [5.41, 5.74) is 1.38. The number of hydrogen-bond donors (Lipinski definition) is 0. The van der Waals surface area contributed by atoms with Crippen molar-refractivity contribution in [3.63, 3.8) is 0 Å². The van der Waals surface area contributed by atoms with Gasteiger partial charge in [-0.05, 0) is 30.7 Å². The van der Waals surface area contributed by atoms with Gasteiger partial charge in [0.15, 0.2) is 11.5 Å². The van der Waals surface area contributed by atoms with Gasteiger partial charge in [-0.25, -0.2) is 4.79 Å². The summed E-state index contributed by atoms with van der Waals surface area (Å²) in [4.78, 5) is 30.9. The standard InChI is InChI=1S/C20H19N3O4/c1-3-17(20(25)26-2)23(15-9-5-4-6-10-15)19(24)16-12-18(27-22-16)14-8-7-11-21-13-14/h4-13,17H,3H2,1-2H3/t17-/m0/s1. The molecule has 3 rings (SSSR count). The summed E-state index contributed by atoms with van der Waals surface area (Å²) in [6, 6.07) is 13.3. The summed E-state index contributed by atoms with van der Waals surface area (Å²) >= 11 is 0. The Balaban J connectivity index is 1.98. The van der Waals surface area contributed by atoms with E-state index in [0.29, 0.717) is 23.4 Å². The molecule has 1 aromatic carbocycles. The van der Waals surface area contributed by atoms with Crippen LogP contribution < -0.4 is 4.90 Å². The molecule has 0 radical (unpaired) electrons. The fraction of sp³-hybridized carbons (Fsp3) is 0.200. The molecule has 138 valence electrons. The minimum absolute atomic E-state index is 0.0973. The van der Waals surface area contributed by atoms with E-state index in [1.165, 1.54) is 12.0 Å². The third kappa shape index (κ3) is 3.87. The Morgan fingerprint density at radius 3 is 2.59 bits per heavy atom. The molecule has 7 nitrogen and oxygen atoms in total. The molecule has 1 atom stereocenters. The minimum Gasteiger partial charge on any atom is -0.467 e. The molecule has 0 bridgehead atoms. The second-order valence-corrected chi connectivity index (χ2v) is 5.78. The van der Waals surface area contributed by atoms with E-state index in [0.717, 1.165) is 0 Å². The van der Waals surface area contributed by atoms with Crippen molar-refractivity contribution in [2.24, 2.45) is 0 Å². The SMILES string of the molecule is CC[C@@H](C(=O)OC)N(C(=O)c1cc(-c2cccnc2)on1)c1ccccc1. The maximum Gasteiger partial charge on any atom is 0.328 e. The van der Waals surface area contributed by atoms with Crippen LogP contribution in [0.5, 0.6) is 0 Å². The second kappa shape index (κ2) is 8.27. The van der Waals surface area contributed by atoms with Crippen molar-refractivity contribution >= 4 is 17.6 Å². The normalized spacial score (nSPS) is 11.6. The van der Waals surface area contributed by atoms with Crippen LogP contribution in [-0.4, -0.2) is 35.2 Å². The van der Waals surface area contributed by atoms with Gasteiger partial charge in [-0.15, -0.1) is 0 Å². The molecule has 1 amide bonds. The molecule has 0 fully saturated rings. The fourth-order valence-corrected chi connectivity index (χ4v) is 2.76. The first-order valence-corrected chi connectivity index (χ1v) is 8.49. The first-order valence-electron chi connectivity index (χ1n) is 8.49. The number of nitrogens with zero attached hydrogens (tertiary/aromatic N) is 3. The van der Waals surface area contributed by atoms with Gasteiger partial charge in [0, 0.05) is 29.7 Å². The van der Waals surface area contributed by atoms with Gasteiger partial charge in [0.05, 0.1) is 7.11 Å². The van der Waals surface area contributed by atoms with Crippen LogP contribution in [0, 0.1) is 0 Å². The van der Waals surface area contributed by atoms with Gasteiger partial charge in [-0.1, -0.05) is 30.3 Å². The summed E-state index contributed by atoms with van der Waals surface area (Å²) < 4.78 is 10.2. The number of pyridine rings is 1. The zero-order valence-corrected chi connectivity index (χ0v) is 15.0. The number of carbonyl (C=O) groups is 2. The molecule has 0 aliphatic carbocycles. The van der Waals surface area contributed by atoms with Gasteiger partial charge >= 0.3 is 5.97 Å². The lowest BCUT2D eigenvalue weighted by atomic mass is 10.1. The third-order valence-electron chi connectivity index (χ3n) is 4.10. The lowest BCUT2D eigenvalue weighted by Gasteiger charge is -2.28. The molecule has 3 aromatic rings. The maximum atomic E-state index is 13.2. The van der Waals surface area contributed by atoms with Crippen LogP contribution in [0.4, 0.5) is 5.69 Å². The van der Waals surface area contributed by atoms with Crippen molar-refractivity contribution in [1.82, 2.24) is 10.1 Å². The van der Waals surface area contributed by atoms with Crippen LogP contribution in [-0.2, 0) is 9.53 Å². The molecule has 0 aliphatic rings. The Morgan fingerprint density at radius 1 is 1.19 bits per heavy atom. The second-order valence-electron chi connectivity index (χ2n) is 5.78. The van der Waals surface area contributed by atoms with Crippen LogP contribution in [0.3, 0.4) is 0 Å². The Hall–Kier alpha value is -3.48. The summed E-state index contributed by atoms with van der Waals surface area (Å²) in [5, 5.41) is 3.89. The fourth-order valence-electron chi connectivity index (χ4n) is 2.76. The van der Waals surface area contributed by atoms with Crippen molar-refractivity contribution < 1.29 is 18.8 Å². The number of amides is 1. The van der Waals surface area contributed by atoms with E-state index in [1.54, 1.807) is 54.9 Å². The molecule has 0 unspecified atom stereocenters. The molecular weight excluding hydrogens is 346 g/mol. The van der Waals surface area contributed by atoms with E-state index in [9.17, 15) is 9.59 Å². The van der Waals surface area contributed by atoms with Crippen LogP contribution in [0.2, 0.25) is 0 Å². The number of aromatic nitrogens is 2. The highest BCUT2D eigenvalue weighted by molar-refractivity contribution is 6.08. The van der Waals surface area contributed by atoms with Gasteiger partial charge in [0.2, 0.25) is 0 Å². The van der Waals surface area contributed by atoms with E-state index in [1.807, 2.05) is 13.0 Å². The van der Waals surface area contributed by atoms with Crippen LogP contribution in [0.25, 0.3) is 11.3 Å². The lowest BCUT2D eigenvalue weighted by molar-refractivity contribution is -0.142. The zero-order valence-electron chi connectivity index (χ0n) is 15.0. The third-order valence-corrected chi connectivity index (χ3v) is 4.10. The Labute approximate surface area is 156 Å². The van der Waals surface area contributed by atoms with Gasteiger partial charge < -0.3 is 9.26 Å². The van der Waals surface area contributed by atoms with Gasteiger partial charge in [-0.3, -0.25) is 14.7 Å². The van der Waals surface area contributed by atoms with E-state index < -0.39 is 17.9 Å². The van der Waals surface area contributed by atoms with Gasteiger partial charge in [-0.2, -0.15) is 0 Å². The van der Waals surface area contributed by atoms with E-state index in [4.69, 9.17) is 9.26 Å². The molecule has 2 heterocycles. The molecule has 0 N–H and O–H groups in total. The number of para-hydroxylation sites is 1. The number of methoxy groups -OCH3 is 1. The van der Waals surface area contributed by atoms with Crippen molar-refractivity contribution in [2.75, 3.05) is 12.0 Å². The molecule has 0 saturated heterocycles. The van der Waals surface area contributed by atoms with Crippen molar-refractivity contribution in [1.29, 1.82) is 0 Å². The zero-order chi connectivity index (χ0) is 19.2. The number of hydrogen-bond acceptors (Lipinski definition) is 6. The highest BCUT2D eigenvalue weighted by atomic mass is 16.5. The highest BCUT2D eigenvalue weighted by Crippen LogP contribution is 2.24. The number of benzene rings is 1. The average Bonchev–Trinajstić information content (AvgIpc) is 3.22. The molecular formula is C20H19N3O4. The summed E-state index contributed by atoms with van der Waals surface area (Å²) in [6.07, 6.45) is 3.65. The topological polar surface area (TPSA) is 85.5 Å². The largest absolute Gasteiger partial charge is 0.467 e. The Bertz CT molecular complexity index is 909. The monoisotopic (exact) mass is 365 g/mol. The van der Waals surface area contributed by atoms with Crippen molar-refractivity contribution in [2.45, 2.75) is 19.4 Å². The maximum absolute atomic E-state index is 13.2. The van der Waals surface area contributed by atoms with Gasteiger partial charge in [0.1, 0.15) is 6.04 Å². The van der Waals surface area contributed by atoms with E-state index in [-0.39, 0.29) is 5.69 Å². The molecule has 0 spiro atoms. The molecule has 7 heteroatoms.